The Kier molecular flexibility index (Phi) is 3.28. The zero-order valence-electron chi connectivity index (χ0n) is 23.7. The lowest BCUT2D eigenvalue weighted by atomic mass is 9.34. The van der Waals surface area contributed by atoms with E-state index in [1.54, 1.807) is 0 Å². The van der Waals surface area contributed by atoms with E-state index in [1.165, 1.54) is 60.9 Å². The molecule has 0 bridgehead atoms. The van der Waals surface area contributed by atoms with E-state index in [9.17, 15) is 0 Å². The van der Waals surface area contributed by atoms with Crippen molar-refractivity contribution in [1.82, 2.24) is 17.9 Å². The van der Waals surface area contributed by atoms with E-state index in [2.05, 4.69) is 133 Å². The highest BCUT2D eigenvalue weighted by molar-refractivity contribution is 7.03. The van der Waals surface area contributed by atoms with Crippen molar-refractivity contribution in [2.75, 3.05) is 0 Å². The average Bonchev–Trinajstić information content (AvgIpc) is 3.90. The van der Waals surface area contributed by atoms with Gasteiger partial charge in [-0.05, 0) is 64.9 Å². The molecule has 13 rings (SSSR count). The third kappa shape index (κ3) is 2.12. The first-order valence-corrected chi connectivity index (χ1v) is 15.4. The van der Waals surface area contributed by atoms with Crippen LogP contribution in [0.1, 0.15) is 0 Å². The molecule has 7 heteroatoms. The van der Waals surface area contributed by atoms with Crippen LogP contribution in [0.5, 0.6) is 0 Å². The van der Waals surface area contributed by atoms with Crippen LogP contribution in [0.3, 0.4) is 0 Å². The summed E-state index contributed by atoms with van der Waals surface area (Å²) >= 11 is 0. The molecule has 11 aromatic rings. The molecule has 2 aliphatic heterocycles. The number of imidazole rings is 2. The van der Waals surface area contributed by atoms with E-state index in [0.717, 1.165) is 44.4 Å². The first kappa shape index (κ1) is 21.6. The molecule has 0 N–H and O–H groups in total. The minimum Gasteiger partial charge on any atom is -0.439 e. The normalized spacial score (nSPS) is 13.7. The number of nitrogens with zero attached hydrogens (tertiary/aromatic N) is 4. The summed E-state index contributed by atoms with van der Waals surface area (Å²) in [5.74, 6) is 0. The smallest absolute Gasteiger partial charge is 0.258 e. The van der Waals surface area contributed by atoms with Crippen LogP contribution in [0.25, 0.3) is 88.9 Å². The Morgan fingerprint density at radius 1 is 0.422 bits per heavy atom. The van der Waals surface area contributed by atoms with Crippen molar-refractivity contribution in [2.45, 2.75) is 0 Å². The van der Waals surface area contributed by atoms with Crippen LogP contribution < -0.4 is 16.4 Å². The van der Waals surface area contributed by atoms with Gasteiger partial charge in [0.15, 0.2) is 0 Å². The minimum absolute atomic E-state index is 0.0353. The number of rotatable bonds is 0. The van der Waals surface area contributed by atoms with Crippen molar-refractivity contribution in [3.8, 4) is 11.4 Å². The number of para-hydroxylation sites is 6. The van der Waals surface area contributed by atoms with Gasteiger partial charge in [0.25, 0.3) is 6.71 Å². The Morgan fingerprint density at radius 2 is 0.867 bits per heavy atom. The van der Waals surface area contributed by atoms with Crippen molar-refractivity contribution in [3.63, 3.8) is 0 Å². The third-order valence-electron chi connectivity index (χ3n) is 10.6. The number of hydrogen-bond donors (Lipinski definition) is 0. The van der Waals surface area contributed by atoms with Crippen molar-refractivity contribution < 1.29 is 8.83 Å². The molecule has 0 fully saturated rings. The summed E-state index contributed by atoms with van der Waals surface area (Å²) in [6, 6.07) is 41.2. The maximum absolute atomic E-state index is 6.77. The molecule has 0 spiro atoms. The van der Waals surface area contributed by atoms with E-state index in [4.69, 9.17) is 8.83 Å². The van der Waals surface area contributed by atoms with Crippen LogP contribution in [0.4, 0.5) is 0 Å². The Bertz CT molecular complexity index is 2970. The monoisotopic (exact) mass is 574 g/mol. The molecular weight excluding hydrogens is 555 g/mol. The van der Waals surface area contributed by atoms with Gasteiger partial charge in [0.05, 0.1) is 22.1 Å². The SMILES string of the molecule is c1cc2c3c(c1)-n1c4ccccc4n4c5oc6ccccc6c5c(c14)B3c1c3c4ccccc4oc3n3c4ccccc4n-2c13. The fourth-order valence-corrected chi connectivity index (χ4v) is 9.05. The van der Waals surface area contributed by atoms with Gasteiger partial charge in [-0.3, -0.25) is 17.9 Å². The number of furan rings is 2. The van der Waals surface area contributed by atoms with Gasteiger partial charge < -0.3 is 8.83 Å². The minimum atomic E-state index is -0.0353. The summed E-state index contributed by atoms with van der Waals surface area (Å²) < 4.78 is 23.2. The van der Waals surface area contributed by atoms with E-state index in [0.29, 0.717) is 0 Å². The topological polar surface area (TPSA) is 45.0 Å². The molecule has 0 amide bonds. The molecule has 2 aliphatic rings. The van der Waals surface area contributed by atoms with Crippen molar-refractivity contribution >= 4 is 101 Å². The van der Waals surface area contributed by atoms with E-state index in [-0.39, 0.29) is 6.71 Å². The van der Waals surface area contributed by atoms with E-state index in [1.807, 2.05) is 0 Å². The number of hydrogen-bond acceptors (Lipinski definition) is 2. The van der Waals surface area contributed by atoms with Crippen LogP contribution >= 0.6 is 0 Å². The highest BCUT2D eigenvalue weighted by Crippen LogP contribution is 2.42. The summed E-state index contributed by atoms with van der Waals surface area (Å²) in [6.07, 6.45) is 0. The van der Waals surface area contributed by atoms with E-state index >= 15 is 0 Å². The highest BCUT2D eigenvalue weighted by Gasteiger charge is 2.46. The Labute approximate surface area is 253 Å². The van der Waals surface area contributed by atoms with Crippen LogP contribution in [0.15, 0.2) is 124 Å². The second-order valence-electron chi connectivity index (χ2n) is 12.5. The lowest BCUT2D eigenvalue weighted by Crippen LogP contribution is -2.59. The second kappa shape index (κ2) is 6.84. The van der Waals surface area contributed by atoms with Crippen LogP contribution in [-0.2, 0) is 0 Å². The molecular formula is C38H19BN4O2. The number of fused-ring (bicyclic) bond motifs is 20. The zero-order chi connectivity index (χ0) is 28.7. The molecule has 0 unspecified atom stereocenters. The van der Waals surface area contributed by atoms with Crippen LogP contribution in [0, 0.1) is 0 Å². The van der Waals surface area contributed by atoms with Gasteiger partial charge in [-0.15, -0.1) is 0 Å². The molecule has 8 heterocycles. The first-order chi connectivity index (χ1) is 22.4. The highest BCUT2D eigenvalue weighted by atomic mass is 16.3. The fraction of sp³-hybridized carbons (Fsp3) is 0. The molecule has 0 saturated carbocycles. The second-order valence-corrected chi connectivity index (χ2v) is 12.5. The molecule has 0 saturated heterocycles. The maximum atomic E-state index is 6.77. The summed E-state index contributed by atoms with van der Waals surface area (Å²) in [4.78, 5) is 0. The van der Waals surface area contributed by atoms with Gasteiger partial charge in [0.2, 0.25) is 11.4 Å². The third-order valence-corrected chi connectivity index (χ3v) is 10.6. The Hall–Kier alpha value is -6.08. The standard InChI is InChI=1S/C38H19BN4O2/c1-7-18-28-20(10-1)30-33-35-40(22-12-3-5-14-24(22)42(35)37(30)44-28)26-16-9-17-27-32(26)39(33)34-31-21-11-2-8-19-29(21)45-38(31)43-25-15-6-4-13-23(25)41(27)36(34)43/h1-19H. The van der Waals surface area contributed by atoms with Gasteiger partial charge in [0, 0.05) is 32.9 Å². The van der Waals surface area contributed by atoms with Gasteiger partial charge >= 0.3 is 0 Å². The molecule has 206 valence electrons. The van der Waals surface area contributed by atoms with E-state index < -0.39 is 0 Å². The molecule has 5 aromatic carbocycles. The molecule has 45 heavy (non-hydrogen) atoms. The van der Waals surface area contributed by atoms with Crippen LogP contribution in [-0.4, -0.2) is 24.6 Å². The Morgan fingerprint density at radius 3 is 1.38 bits per heavy atom. The predicted molar refractivity (Wildman–Crippen MR) is 181 cm³/mol. The summed E-state index contributed by atoms with van der Waals surface area (Å²) in [6.45, 7) is -0.0353. The van der Waals surface area contributed by atoms with Crippen LogP contribution in [0.2, 0.25) is 0 Å². The maximum Gasteiger partial charge on any atom is 0.258 e. The first-order valence-electron chi connectivity index (χ1n) is 15.4. The van der Waals surface area contributed by atoms with Crippen molar-refractivity contribution in [2.24, 2.45) is 0 Å². The lowest BCUT2D eigenvalue weighted by molar-refractivity contribution is 0.651. The Balaban J connectivity index is 1.38. The zero-order valence-corrected chi connectivity index (χ0v) is 23.7. The van der Waals surface area contributed by atoms with Crippen molar-refractivity contribution in [1.29, 1.82) is 0 Å². The average molecular weight is 574 g/mol. The molecule has 0 aliphatic carbocycles. The number of aromatic nitrogens is 4. The fourth-order valence-electron chi connectivity index (χ4n) is 9.05. The van der Waals surface area contributed by atoms with Gasteiger partial charge in [0.1, 0.15) is 22.5 Å². The predicted octanol–water partition coefficient (Wildman–Crippen LogP) is 7.02. The number of benzene rings is 5. The van der Waals surface area contributed by atoms with Gasteiger partial charge in [-0.2, -0.15) is 0 Å². The summed E-state index contributed by atoms with van der Waals surface area (Å²) in [5.41, 5.74) is 16.9. The molecule has 0 radical (unpaired) electrons. The summed E-state index contributed by atoms with van der Waals surface area (Å²) in [7, 11) is 0. The lowest BCUT2D eigenvalue weighted by Gasteiger charge is -2.31. The molecule has 6 nitrogen and oxygen atoms in total. The molecule has 0 atom stereocenters. The van der Waals surface area contributed by atoms with Crippen molar-refractivity contribution in [3.05, 3.63) is 115 Å². The molecule has 6 aromatic heterocycles. The van der Waals surface area contributed by atoms with Gasteiger partial charge in [-0.25, -0.2) is 0 Å². The summed E-state index contributed by atoms with van der Waals surface area (Å²) in [5, 5.41) is 4.68. The largest absolute Gasteiger partial charge is 0.439 e. The van der Waals surface area contributed by atoms with Gasteiger partial charge in [-0.1, -0.05) is 66.7 Å². The quantitative estimate of drug-likeness (QED) is 0.183.